The Hall–Kier alpha value is -1.81. The fourth-order valence-corrected chi connectivity index (χ4v) is 2.24. The van der Waals surface area contributed by atoms with E-state index in [1.165, 1.54) is 0 Å². The zero-order valence-electron chi connectivity index (χ0n) is 12.2. The summed E-state index contributed by atoms with van der Waals surface area (Å²) in [6, 6.07) is 10.4. The van der Waals surface area contributed by atoms with Crippen molar-refractivity contribution in [3.63, 3.8) is 0 Å². The van der Waals surface area contributed by atoms with Gasteiger partial charge in [0, 0.05) is 12.7 Å². The first kappa shape index (κ1) is 14.6. The molecular formula is C16H23N3O. The molecule has 4 heteroatoms. The summed E-state index contributed by atoms with van der Waals surface area (Å²) in [5.41, 5.74) is 7.65. The van der Waals surface area contributed by atoms with Crippen LogP contribution in [0.15, 0.2) is 36.5 Å². The van der Waals surface area contributed by atoms with Crippen molar-refractivity contribution in [2.45, 2.75) is 45.9 Å². The van der Waals surface area contributed by atoms with Crippen molar-refractivity contribution in [3.8, 4) is 5.75 Å². The van der Waals surface area contributed by atoms with Crippen molar-refractivity contribution in [2.75, 3.05) is 0 Å². The highest BCUT2D eigenvalue weighted by Crippen LogP contribution is 2.17. The van der Waals surface area contributed by atoms with E-state index < -0.39 is 0 Å². The molecule has 108 valence electrons. The van der Waals surface area contributed by atoms with Crippen LogP contribution in [0.4, 0.5) is 0 Å². The van der Waals surface area contributed by atoms with Crippen molar-refractivity contribution < 1.29 is 4.74 Å². The fraction of sp³-hybridized carbons (Fsp3) is 0.438. The highest BCUT2D eigenvalue weighted by molar-refractivity contribution is 5.28. The van der Waals surface area contributed by atoms with E-state index in [4.69, 9.17) is 10.5 Å². The molecule has 0 bridgehead atoms. The van der Waals surface area contributed by atoms with E-state index in [1.807, 2.05) is 41.2 Å². The van der Waals surface area contributed by atoms with Crippen LogP contribution in [0.25, 0.3) is 0 Å². The van der Waals surface area contributed by atoms with Gasteiger partial charge in [-0.1, -0.05) is 26.0 Å². The maximum Gasteiger partial charge on any atom is 0.132 e. The topological polar surface area (TPSA) is 53.1 Å². The minimum atomic E-state index is 0.476. The van der Waals surface area contributed by atoms with Gasteiger partial charge in [0.05, 0.1) is 11.7 Å². The molecule has 0 spiro atoms. The van der Waals surface area contributed by atoms with Crippen molar-refractivity contribution in [1.29, 1.82) is 0 Å². The molecule has 0 aliphatic rings. The summed E-state index contributed by atoms with van der Waals surface area (Å²) < 4.78 is 7.80. The Morgan fingerprint density at radius 1 is 1.25 bits per heavy atom. The van der Waals surface area contributed by atoms with Crippen molar-refractivity contribution in [1.82, 2.24) is 9.78 Å². The van der Waals surface area contributed by atoms with Crippen molar-refractivity contribution in [3.05, 3.63) is 47.8 Å². The summed E-state index contributed by atoms with van der Waals surface area (Å²) in [4.78, 5) is 0. The maximum atomic E-state index is 5.76. The summed E-state index contributed by atoms with van der Waals surface area (Å²) in [6.07, 6.45) is 4.22. The van der Waals surface area contributed by atoms with Crippen LogP contribution in [0.1, 0.15) is 44.0 Å². The molecule has 1 aromatic carbocycles. The minimum absolute atomic E-state index is 0.476. The van der Waals surface area contributed by atoms with Gasteiger partial charge < -0.3 is 10.5 Å². The first-order valence-corrected chi connectivity index (χ1v) is 7.22. The Morgan fingerprint density at radius 2 is 2.05 bits per heavy atom. The molecule has 20 heavy (non-hydrogen) atoms. The monoisotopic (exact) mass is 273 g/mol. The minimum Gasteiger partial charge on any atom is -0.487 e. The van der Waals surface area contributed by atoms with E-state index >= 15 is 0 Å². The quantitative estimate of drug-likeness (QED) is 0.842. The van der Waals surface area contributed by atoms with E-state index in [1.54, 1.807) is 0 Å². The van der Waals surface area contributed by atoms with Crippen LogP contribution < -0.4 is 10.5 Å². The molecular weight excluding hydrogens is 250 g/mol. The van der Waals surface area contributed by atoms with Crippen molar-refractivity contribution in [2.24, 2.45) is 5.73 Å². The lowest BCUT2D eigenvalue weighted by molar-refractivity contribution is 0.297. The average Bonchev–Trinajstić information content (AvgIpc) is 2.95. The van der Waals surface area contributed by atoms with Crippen LogP contribution >= 0.6 is 0 Å². The molecule has 1 aromatic heterocycles. The number of nitrogens with two attached hydrogens (primary N) is 1. The predicted octanol–water partition coefficient (Wildman–Crippen LogP) is 3.28. The number of nitrogens with zero attached hydrogens (tertiary/aromatic N) is 2. The standard InChI is InChI=1S/C16H23N3O/c1-3-15(4-2)19-9-8-14(18-19)12-20-16-7-5-6-13(10-16)11-17/h5-10,15H,3-4,11-12,17H2,1-2H3. The molecule has 0 aliphatic heterocycles. The van der Waals surface area contributed by atoms with E-state index in [9.17, 15) is 0 Å². The third-order valence-electron chi connectivity index (χ3n) is 3.50. The highest BCUT2D eigenvalue weighted by atomic mass is 16.5. The zero-order chi connectivity index (χ0) is 14.4. The summed E-state index contributed by atoms with van der Waals surface area (Å²) >= 11 is 0. The van der Waals surface area contributed by atoms with Crippen LogP contribution in [-0.2, 0) is 13.2 Å². The largest absolute Gasteiger partial charge is 0.487 e. The van der Waals surface area contributed by atoms with Crippen LogP contribution in [0.5, 0.6) is 5.75 Å². The van der Waals surface area contributed by atoms with Gasteiger partial charge >= 0.3 is 0 Å². The van der Waals surface area contributed by atoms with Gasteiger partial charge in [0.25, 0.3) is 0 Å². The molecule has 2 aromatic rings. The molecule has 0 fully saturated rings. The Labute approximate surface area is 120 Å². The van der Waals surface area contributed by atoms with Gasteiger partial charge in [-0.3, -0.25) is 4.68 Å². The van der Waals surface area contributed by atoms with Crippen LogP contribution in [-0.4, -0.2) is 9.78 Å². The second-order valence-corrected chi connectivity index (χ2v) is 4.90. The van der Waals surface area contributed by atoms with E-state index in [-0.39, 0.29) is 0 Å². The lowest BCUT2D eigenvalue weighted by Gasteiger charge is -2.12. The van der Waals surface area contributed by atoms with E-state index in [2.05, 4.69) is 18.9 Å². The van der Waals surface area contributed by atoms with Crippen LogP contribution in [0.3, 0.4) is 0 Å². The Morgan fingerprint density at radius 3 is 2.75 bits per heavy atom. The molecule has 0 saturated heterocycles. The lowest BCUT2D eigenvalue weighted by Crippen LogP contribution is -2.08. The van der Waals surface area contributed by atoms with Gasteiger partial charge in [0.1, 0.15) is 12.4 Å². The number of hydrogen-bond acceptors (Lipinski definition) is 3. The molecule has 0 amide bonds. The van der Waals surface area contributed by atoms with Gasteiger partial charge in [0.2, 0.25) is 0 Å². The number of benzene rings is 1. The molecule has 0 radical (unpaired) electrons. The molecule has 0 atom stereocenters. The van der Waals surface area contributed by atoms with Gasteiger partial charge in [-0.2, -0.15) is 5.10 Å². The molecule has 0 saturated carbocycles. The third-order valence-corrected chi connectivity index (χ3v) is 3.50. The SMILES string of the molecule is CCC(CC)n1ccc(COc2cccc(CN)c2)n1. The summed E-state index contributed by atoms with van der Waals surface area (Å²) in [5, 5.41) is 4.58. The van der Waals surface area contributed by atoms with Crippen molar-refractivity contribution >= 4 is 0 Å². The first-order valence-electron chi connectivity index (χ1n) is 7.22. The Balaban J connectivity index is 1.97. The molecule has 0 aliphatic carbocycles. The molecule has 0 unspecified atom stereocenters. The van der Waals surface area contributed by atoms with Gasteiger partial charge in [-0.05, 0) is 36.6 Å². The molecule has 4 nitrogen and oxygen atoms in total. The predicted molar refractivity (Wildman–Crippen MR) is 80.5 cm³/mol. The fourth-order valence-electron chi connectivity index (χ4n) is 2.24. The number of ether oxygens (including phenoxy) is 1. The number of hydrogen-bond donors (Lipinski definition) is 1. The summed E-state index contributed by atoms with van der Waals surface area (Å²) in [5.74, 6) is 0.838. The molecule has 2 rings (SSSR count). The smallest absolute Gasteiger partial charge is 0.132 e. The third kappa shape index (κ3) is 3.61. The number of rotatable bonds is 7. The van der Waals surface area contributed by atoms with E-state index in [0.29, 0.717) is 19.2 Å². The Bertz CT molecular complexity index is 532. The first-order chi connectivity index (χ1) is 9.76. The normalized spacial score (nSPS) is 11.0. The second-order valence-electron chi connectivity index (χ2n) is 4.90. The van der Waals surface area contributed by atoms with Gasteiger partial charge in [-0.15, -0.1) is 0 Å². The highest BCUT2D eigenvalue weighted by Gasteiger charge is 2.08. The Kier molecular flexibility index (Phi) is 5.18. The summed E-state index contributed by atoms with van der Waals surface area (Å²) in [6.45, 7) is 5.39. The lowest BCUT2D eigenvalue weighted by atomic mass is 10.2. The van der Waals surface area contributed by atoms with E-state index in [0.717, 1.165) is 29.8 Å². The van der Waals surface area contributed by atoms with Crippen LogP contribution in [0, 0.1) is 0 Å². The average molecular weight is 273 g/mol. The summed E-state index contributed by atoms with van der Waals surface area (Å²) in [7, 11) is 0. The number of aromatic nitrogens is 2. The maximum absolute atomic E-state index is 5.76. The van der Waals surface area contributed by atoms with Crippen LogP contribution in [0.2, 0.25) is 0 Å². The molecule has 2 N–H and O–H groups in total. The van der Waals surface area contributed by atoms with Gasteiger partial charge in [0.15, 0.2) is 0 Å². The zero-order valence-corrected chi connectivity index (χ0v) is 12.2. The van der Waals surface area contributed by atoms with Gasteiger partial charge in [-0.25, -0.2) is 0 Å². The second kappa shape index (κ2) is 7.10. The molecule has 1 heterocycles.